The fourth-order valence-corrected chi connectivity index (χ4v) is 2.40. The first-order chi connectivity index (χ1) is 7.90. The molecule has 0 spiro atoms. The number of hydrogen-bond donors (Lipinski definition) is 0. The molecule has 16 heavy (non-hydrogen) atoms. The van der Waals surface area contributed by atoms with E-state index in [0.29, 0.717) is 5.92 Å². The van der Waals surface area contributed by atoms with E-state index in [4.69, 9.17) is 0 Å². The van der Waals surface area contributed by atoms with Gasteiger partial charge in [-0.15, -0.1) is 9.24 Å². The van der Waals surface area contributed by atoms with E-state index in [1.807, 2.05) is 0 Å². The third-order valence-electron chi connectivity index (χ3n) is 2.88. The smallest absolute Gasteiger partial charge is 0.00869 e. The summed E-state index contributed by atoms with van der Waals surface area (Å²) in [6.07, 6.45) is 2.23. The van der Waals surface area contributed by atoms with Gasteiger partial charge < -0.3 is 0 Å². The summed E-state index contributed by atoms with van der Waals surface area (Å²) in [5.41, 5.74) is 2.85. The van der Waals surface area contributed by atoms with E-state index in [1.165, 1.54) is 11.1 Å². The van der Waals surface area contributed by atoms with E-state index in [0.717, 1.165) is 12.6 Å². The molecule has 2 aromatic carbocycles. The van der Waals surface area contributed by atoms with Crippen molar-refractivity contribution in [2.75, 3.05) is 6.16 Å². The van der Waals surface area contributed by atoms with Gasteiger partial charge in [0, 0.05) is 0 Å². The van der Waals surface area contributed by atoms with E-state index < -0.39 is 0 Å². The third-order valence-corrected chi connectivity index (χ3v) is 3.45. The van der Waals surface area contributed by atoms with E-state index >= 15 is 0 Å². The molecule has 0 aliphatic heterocycles. The fourth-order valence-electron chi connectivity index (χ4n) is 1.96. The number of hydrogen-bond acceptors (Lipinski definition) is 0. The topological polar surface area (TPSA) is 0 Å². The van der Waals surface area contributed by atoms with Crippen LogP contribution < -0.4 is 0 Å². The quantitative estimate of drug-likeness (QED) is 0.696. The van der Waals surface area contributed by atoms with Gasteiger partial charge in [0.25, 0.3) is 0 Å². The second-order valence-electron chi connectivity index (χ2n) is 4.03. The van der Waals surface area contributed by atoms with Gasteiger partial charge in [-0.25, -0.2) is 0 Å². The average molecular weight is 228 g/mol. The molecule has 0 radical (unpaired) electrons. The maximum Gasteiger partial charge on any atom is -0.00869 e. The third kappa shape index (κ3) is 2.93. The first-order valence-corrected chi connectivity index (χ1v) is 6.50. The van der Waals surface area contributed by atoms with Crippen molar-refractivity contribution in [3.8, 4) is 0 Å². The Balaban J connectivity index is 2.13. The molecular weight excluding hydrogens is 211 g/mol. The number of rotatable bonds is 4. The molecule has 2 aromatic rings. The van der Waals surface area contributed by atoms with Crippen LogP contribution in [0.4, 0.5) is 0 Å². The highest BCUT2D eigenvalue weighted by Gasteiger charge is 2.09. The minimum Gasteiger partial charge on any atom is -0.137 e. The molecule has 2 rings (SSSR count). The second-order valence-corrected chi connectivity index (χ2v) is 4.50. The lowest BCUT2D eigenvalue weighted by atomic mass is 9.94. The Morgan fingerprint density at radius 2 is 1.38 bits per heavy atom. The van der Waals surface area contributed by atoms with Gasteiger partial charge in [0.05, 0.1) is 0 Å². The summed E-state index contributed by atoms with van der Waals surface area (Å²) < 4.78 is 0. The Morgan fingerprint density at radius 1 is 0.812 bits per heavy atom. The van der Waals surface area contributed by atoms with Crippen molar-refractivity contribution in [2.24, 2.45) is 0 Å². The van der Waals surface area contributed by atoms with Crippen molar-refractivity contribution in [1.82, 2.24) is 0 Å². The van der Waals surface area contributed by atoms with Crippen LogP contribution in [0.15, 0.2) is 60.7 Å². The summed E-state index contributed by atoms with van der Waals surface area (Å²) in [6, 6.07) is 21.5. The Hall–Kier alpha value is -1.13. The Morgan fingerprint density at radius 3 is 1.94 bits per heavy atom. The van der Waals surface area contributed by atoms with Gasteiger partial charge in [0.2, 0.25) is 0 Å². The molecule has 0 heterocycles. The van der Waals surface area contributed by atoms with Gasteiger partial charge >= 0.3 is 0 Å². The van der Waals surface area contributed by atoms with Crippen LogP contribution in [-0.2, 0) is 6.42 Å². The molecule has 0 saturated carbocycles. The number of benzene rings is 2. The zero-order valence-electron chi connectivity index (χ0n) is 9.34. The molecule has 2 atom stereocenters. The van der Waals surface area contributed by atoms with Crippen molar-refractivity contribution in [3.63, 3.8) is 0 Å². The van der Waals surface area contributed by atoms with Gasteiger partial charge in [-0.1, -0.05) is 60.7 Å². The summed E-state index contributed by atoms with van der Waals surface area (Å²) in [4.78, 5) is 0. The van der Waals surface area contributed by atoms with Crippen molar-refractivity contribution < 1.29 is 0 Å². The minimum absolute atomic E-state index is 0.605. The van der Waals surface area contributed by atoms with Crippen molar-refractivity contribution in [1.29, 1.82) is 0 Å². The van der Waals surface area contributed by atoms with Crippen molar-refractivity contribution in [2.45, 2.75) is 12.3 Å². The van der Waals surface area contributed by atoms with Gasteiger partial charge in [0.15, 0.2) is 0 Å². The molecule has 0 aliphatic carbocycles. The van der Waals surface area contributed by atoms with Crippen LogP contribution in [0.3, 0.4) is 0 Å². The summed E-state index contributed by atoms with van der Waals surface area (Å²) >= 11 is 0. The van der Waals surface area contributed by atoms with Crippen molar-refractivity contribution in [3.05, 3.63) is 71.8 Å². The summed E-state index contributed by atoms with van der Waals surface area (Å²) in [6.45, 7) is 0. The van der Waals surface area contributed by atoms with Crippen molar-refractivity contribution >= 4 is 9.24 Å². The van der Waals surface area contributed by atoms with Gasteiger partial charge in [0.1, 0.15) is 0 Å². The van der Waals surface area contributed by atoms with Crippen LogP contribution in [0.1, 0.15) is 17.0 Å². The van der Waals surface area contributed by atoms with E-state index in [-0.39, 0.29) is 0 Å². The maximum atomic E-state index is 2.86. The van der Waals surface area contributed by atoms with E-state index in [2.05, 4.69) is 69.9 Å². The fraction of sp³-hybridized carbons (Fsp3) is 0.200. The molecule has 2 unspecified atom stereocenters. The normalized spacial score (nSPS) is 12.3. The standard InChI is InChI=1S/C15H17P/c16-12-15(14-9-5-2-6-10-14)11-13-7-3-1-4-8-13/h1-10,15H,11-12,16H2. The monoisotopic (exact) mass is 228 g/mol. The molecule has 0 amide bonds. The second kappa shape index (κ2) is 5.82. The lowest BCUT2D eigenvalue weighted by Gasteiger charge is -2.15. The largest absolute Gasteiger partial charge is 0.137 e. The molecule has 0 bridgehead atoms. The molecule has 1 heteroatoms. The Labute approximate surface area is 99.9 Å². The zero-order valence-corrected chi connectivity index (χ0v) is 10.5. The molecule has 82 valence electrons. The highest BCUT2D eigenvalue weighted by molar-refractivity contribution is 7.16. The van der Waals surface area contributed by atoms with E-state index in [1.54, 1.807) is 0 Å². The van der Waals surface area contributed by atoms with Crippen LogP contribution >= 0.6 is 9.24 Å². The lowest BCUT2D eigenvalue weighted by Crippen LogP contribution is -2.04. The highest BCUT2D eigenvalue weighted by atomic mass is 31.0. The van der Waals surface area contributed by atoms with Gasteiger partial charge in [-0.05, 0) is 29.6 Å². The minimum atomic E-state index is 0.605. The maximum absolute atomic E-state index is 2.86. The summed E-state index contributed by atoms with van der Waals surface area (Å²) in [5.74, 6) is 0.605. The van der Waals surface area contributed by atoms with Crippen LogP contribution in [0, 0.1) is 0 Å². The summed E-state index contributed by atoms with van der Waals surface area (Å²) in [7, 11) is 2.86. The Kier molecular flexibility index (Phi) is 4.13. The molecule has 0 aliphatic rings. The molecular formula is C15H17P. The van der Waals surface area contributed by atoms with E-state index in [9.17, 15) is 0 Å². The van der Waals surface area contributed by atoms with Crippen LogP contribution in [0.2, 0.25) is 0 Å². The molecule has 0 nitrogen and oxygen atoms in total. The average Bonchev–Trinajstić information content (AvgIpc) is 2.38. The van der Waals surface area contributed by atoms with Crippen LogP contribution in [-0.4, -0.2) is 6.16 Å². The lowest BCUT2D eigenvalue weighted by molar-refractivity contribution is 0.771. The zero-order chi connectivity index (χ0) is 11.2. The van der Waals surface area contributed by atoms with Gasteiger partial charge in [-0.3, -0.25) is 0 Å². The SMILES string of the molecule is PCC(Cc1ccccc1)c1ccccc1. The first kappa shape index (κ1) is 11.4. The van der Waals surface area contributed by atoms with Crippen LogP contribution in [0.5, 0.6) is 0 Å². The molecule has 0 N–H and O–H groups in total. The predicted molar refractivity (Wildman–Crippen MR) is 73.9 cm³/mol. The molecule has 0 saturated heterocycles. The molecule has 0 fully saturated rings. The Bertz CT molecular complexity index is 408. The summed E-state index contributed by atoms with van der Waals surface area (Å²) in [5, 5.41) is 0. The highest BCUT2D eigenvalue weighted by Crippen LogP contribution is 2.22. The first-order valence-electron chi connectivity index (χ1n) is 5.69. The predicted octanol–water partition coefficient (Wildman–Crippen LogP) is 3.89. The molecule has 0 aromatic heterocycles. The van der Waals surface area contributed by atoms with Gasteiger partial charge in [-0.2, -0.15) is 0 Å². The van der Waals surface area contributed by atoms with Crippen LogP contribution in [0.25, 0.3) is 0 Å².